The zero-order valence-corrected chi connectivity index (χ0v) is 13.1. The molecule has 2 rings (SSSR count). The molecule has 2 aromatic rings. The molecule has 2 aromatic carbocycles. The molecular formula is C14H10ClNO6S. The van der Waals surface area contributed by atoms with E-state index in [2.05, 4.69) is 4.18 Å². The molecule has 9 heteroatoms. The number of hydrogen-bond acceptors (Lipinski definition) is 6. The molecule has 0 saturated heterocycles. The Morgan fingerprint density at radius 1 is 1.17 bits per heavy atom. The maximum atomic E-state index is 11.9. The van der Waals surface area contributed by atoms with Crippen LogP contribution in [0.15, 0.2) is 53.4 Å². The molecule has 0 aliphatic rings. The van der Waals surface area contributed by atoms with Gasteiger partial charge in [-0.15, -0.1) is 0 Å². The van der Waals surface area contributed by atoms with Crippen molar-refractivity contribution < 1.29 is 22.3 Å². The standard InChI is InChI=1S/C14H10ClNO6S/c15-11-3-1-2-10(8-11)14(17)9-22-23(20,21)13-6-4-12(5-7-13)16(18)19/h1-8H,9H2. The van der Waals surface area contributed by atoms with Crippen molar-refractivity contribution in [2.75, 3.05) is 6.61 Å². The second kappa shape index (κ2) is 6.86. The number of Topliss-reactive ketones (excluding diaryl/α,β-unsaturated/α-hetero) is 1. The third-order valence-electron chi connectivity index (χ3n) is 2.83. The molecule has 0 aromatic heterocycles. The van der Waals surface area contributed by atoms with Gasteiger partial charge in [0.25, 0.3) is 15.8 Å². The Hall–Kier alpha value is -2.29. The number of halogens is 1. The molecule has 0 heterocycles. The summed E-state index contributed by atoms with van der Waals surface area (Å²) in [6, 6.07) is 10.2. The van der Waals surface area contributed by atoms with Gasteiger partial charge in [0, 0.05) is 22.7 Å². The Morgan fingerprint density at radius 3 is 2.39 bits per heavy atom. The summed E-state index contributed by atoms with van der Waals surface area (Å²) in [5.74, 6) is -0.557. The quantitative estimate of drug-likeness (QED) is 0.341. The molecule has 23 heavy (non-hydrogen) atoms. The number of nitro groups is 1. The smallest absolute Gasteiger partial charge is 0.291 e. The number of ketones is 1. The van der Waals surface area contributed by atoms with Crippen molar-refractivity contribution in [1.82, 2.24) is 0 Å². The maximum Gasteiger partial charge on any atom is 0.297 e. The van der Waals surface area contributed by atoms with E-state index in [-0.39, 0.29) is 16.1 Å². The summed E-state index contributed by atoms with van der Waals surface area (Å²) in [6.45, 7) is -0.695. The summed E-state index contributed by atoms with van der Waals surface area (Å²) in [7, 11) is -4.19. The van der Waals surface area contributed by atoms with Gasteiger partial charge in [-0.1, -0.05) is 23.7 Å². The van der Waals surface area contributed by atoms with Gasteiger partial charge in [0.15, 0.2) is 5.78 Å². The molecule has 0 radical (unpaired) electrons. The normalized spacial score (nSPS) is 11.2. The summed E-state index contributed by atoms with van der Waals surface area (Å²) in [5.41, 5.74) is -0.0321. The first-order valence-corrected chi connectivity index (χ1v) is 8.01. The van der Waals surface area contributed by atoms with Crippen molar-refractivity contribution >= 4 is 33.2 Å². The largest absolute Gasteiger partial charge is 0.297 e. The second-order valence-corrected chi connectivity index (χ2v) is 6.45. The molecule has 0 aliphatic heterocycles. The number of rotatable bonds is 6. The van der Waals surface area contributed by atoms with E-state index < -0.39 is 27.4 Å². The van der Waals surface area contributed by atoms with Crippen molar-refractivity contribution in [2.24, 2.45) is 0 Å². The van der Waals surface area contributed by atoms with E-state index in [0.717, 1.165) is 24.3 Å². The molecule has 0 atom stereocenters. The van der Waals surface area contributed by atoms with Crippen LogP contribution in [0.1, 0.15) is 10.4 Å². The van der Waals surface area contributed by atoms with Crippen LogP contribution >= 0.6 is 11.6 Å². The van der Waals surface area contributed by atoms with Crippen LogP contribution in [-0.2, 0) is 14.3 Å². The number of non-ortho nitro benzene ring substituents is 1. The summed E-state index contributed by atoms with van der Waals surface area (Å²) >= 11 is 5.75. The van der Waals surface area contributed by atoms with E-state index in [1.807, 2.05) is 0 Å². The fraction of sp³-hybridized carbons (Fsp3) is 0.0714. The van der Waals surface area contributed by atoms with Gasteiger partial charge in [0.2, 0.25) is 0 Å². The number of carbonyl (C=O) groups is 1. The summed E-state index contributed by atoms with van der Waals surface area (Å²) in [4.78, 5) is 21.5. The molecule has 0 unspecified atom stereocenters. The van der Waals surface area contributed by atoms with Gasteiger partial charge in [-0.05, 0) is 24.3 Å². The number of carbonyl (C=O) groups excluding carboxylic acids is 1. The van der Waals surface area contributed by atoms with Crippen molar-refractivity contribution in [3.8, 4) is 0 Å². The van der Waals surface area contributed by atoms with Crippen LogP contribution < -0.4 is 0 Å². The second-order valence-electron chi connectivity index (χ2n) is 4.40. The molecule has 120 valence electrons. The first-order valence-electron chi connectivity index (χ1n) is 6.22. The molecule has 0 amide bonds. The van der Waals surface area contributed by atoms with E-state index in [1.54, 1.807) is 12.1 Å². The highest BCUT2D eigenvalue weighted by Crippen LogP contribution is 2.18. The van der Waals surface area contributed by atoms with Crippen molar-refractivity contribution in [3.63, 3.8) is 0 Å². The van der Waals surface area contributed by atoms with Crippen LogP contribution in [0.5, 0.6) is 0 Å². The Bertz CT molecular complexity index is 848. The van der Waals surface area contributed by atoms with E-state index in [9.17, 15) is 23.3 Å². The first-order chi connectivity index (χ1) is 10.8. The highest BCUT2D eigenvalue weighted by atomic mass is 35.5. The molecular weight excluding hydrogens is 346 g/mol. The van der Waals surface area contributed by atoms with Gasteiger partial charge < -0.3 is 0 Å². The Balaban J connectivity index is 2.09. The molecule has 0 fully saturated rings. The van der Waals surface area contributed by atoms with Crippen LogP contribution in [0.25, 0.3) is 0 Å². The molecule has 7 nitrogen and oxygen atoms in total. The third-order valence-corrected chi connectivity index (χ3v) is 4.34. The molecule has 0 spiro atoms. The van der Waals surface area contributed by atoms with Crippen molar-refractivity contribution in [3.05, 3.63) is 69.2 Å². The fourth-order valence-electron chi connectivity index (χ4n) is 1.68. The minimum absolute atomic E-state index is 0.219. The monoisotopic (exact) mass is 355 g/mol. The maximum absolute atomic E-state index is 11.9. The van der Waals surface area contributed by atoms with Gasteiger partial charge in [0.1, 0.15) is 6.61 Å². The van der Waals surface area contributed by atoms with Crippen LogP contribution in [0.3, 0.4) is 0 Å². The molecule has 0 aliphatic carbocycles. The lowest BCUT2D eigenvalue weighted by Crippen LogP contribution is -2.14. The van der Waals surface area contributed by atoms with Gasteiger partial charge in [0.05, 0.1) is 9.82 Å². The Labute approximate surface area is 136 Å². The van der Waals surface area contributed by atoms with Crippen LogP contribution in [-0.4, -0.2) is 25.7 Å². The lowest BCUT2D eigenvalue weighted by molar-refractivity contribution is -0.384. The SMILES string of the molecule is O=C(COS(=O)(=O)c1ccc([N+](=O)[O-])cc1)c1cccc(Cl)c1. The van der Waals surface area contributed by atoms with Gasteiger partial charge >= 0.3 is 0 Å². The van der Waals surface area contributed by atoms with Gasteiger partial charge in [-0.3, -0.25) is 19.1 Å². The zero-order chi connectivity index (χ0) is 17.0. The predicted molar refractivity (Wildman–Crippen MR) is 82.0 cm³/mol. The molecule has 0 N–H and O–H groups in total. The van der Waals surface area contributed by atoms with Crippen LogP contribution in [0, 0.1) is 10.1 Å². The Kier molecular flexibility index (Phi) is 5.09. The van der Waals surface area contributed by atoms with Crippen molar-refractivity contribution in [1.29, 1.82) is 0 Å². The van der Waals surface area contributed by atoms with E-state index in [1.165, 1.54) is 12.1 Å². The van der Waals surface area contributed by atoms with Gasteiger partial charge in [-0.2, -0.15) is 8.42 Å². The topological polar surface area (TPSA) is 104 Å². The number of nitrogens with zero attached hydrogens (tertiary/aromatic N) is 1. The van der Waals surface area contributed by atoms with Crippen LogP contribution in [0.2, 0.25) is 5.02 Å². The number of hydrogen-bond donors (Lipinski definition) is 0. The average molecular weight is 356 g/mol. The van der Waals surface area contributed by atoms with Crippen LogP contribution in [0.4, 0.5) is 5.69 Å². The Morgan fingerprint density at radius 2 is 1.83 bits per heavy atom. The van der Waals surface area contributed by atoms with E-state index >= 15 is 0 Å². The predicted octanol–water partition coefficient (Wildman–Crippen LogP) is 2.84. The first kappa shape index (κ1) is 17.1. The highest BCUT2D eigenvalue weighted by Gasteiger charge is 2.19. The highest BCUT2D eigenvalue weighted by molar-refractivity contribution is 7.86. The summed E-state index contributed by atoms with van der Waals surface area (Å²) in [5, 5.41) is 10.9. The van der Waals surface area contributed by atoms with E-state index in [4.69, 9.17) is 11.6 Å². The van der Waals surface area contributed by atoms with Crippen molar-refractivity contribution in [2.45, 2.75) is 4.90 Å². The lowest BCUT2D eigenvalue weighted by atomic mass is 10.1. The third kappa shape index (κ3) is 4.35. The number of nitro benzene ring substituents is 1. The molecule has 0 saturated carbocycles. The molecule has 0 bridgehead atoms. The average Bonchev–Trinajstić information content (AvgIpc) is 2.52. The minimum atomic E-state index is -4.19. The van der Waals surface area contributed by atoms with Gasteiger partial charge in [-0.25, -0.2) is 0 Å². The number of benzene rings is 2. The summed E-state index contributed by atoms with van der Waals surface area (Å²) in [6.07, 6.45) is 0. The summed E-state index contributed by atoms with van der Waals surface area (Å²) < 4.78 is 28.6. The minimum Gasteiger partial charge on any atom is -0.291 e. The lowest BCUT2D eigenvalue weighted by Gasteiger charge is -2.05. The van der Waals surface area contributed by atoms with E-state index in [0.29, 0.717) is 5.02 Å². The zero-order valence-electron chi connectivity index (χ0n) is 11.5. The fourth-order valence-corrected chi connectivity index (χ4v) is 2.74.